The second-order valence-electron chi connectivity index (χ2n) is 14.4. The topological polar surface area (TPSA) is 49.8 Å². The highest BCUT2D eigenvalue weighted by atomic mass is 32.5. The first-order valence-electron chi connectivity index (χ1n) is 15.2. The van der Waals surface area contributed by atoms with Gasteiger partial charge in [-0.2, -0.15) is 0 Å². The molecule has 240 valence electrons. The van der Waals surface area contributed by atoms with E-state index in [2.05, 4.69) is 13.8 Å². The van der Waals surface area contributed by atoms with Crippen molar-refractivity contribution in [3.05, 3.63) is 57.9 Å². The molecule has 0 radical (unpaired) electrons. The Bertz CT molecular complexity index is 1390. The average molecular weight is 632 g/mol. The predicted molar refractivity (Wildman–Crippen MR) is 155 cm³/mol. The minimum absolute atomic E-state index is 0.0693. The van der Waals surface area contributed by atoms with Gasteiger partial charge in [0.25, 0.3) is 0 Å². The van der Waals surface area contributed by atoms with Crippen molar-refractivity contribution in [2.75, 3.05) is 26.4 Å². The standard InChI is InChI=1S/C32H42F5NO4S/c1-30(2,3)41-24-19-31(4,5)18-23-25(24)27-26(28(38-23)20-10-14-39-15-11-20)29(42-32(27)12-16-40-17-13-32)21-6-8-22(9-7-21)43(33,34,35,36)37/h6-9,20,24,29H,10-19H2,1-5H3. The zero-order valence-corrected chi connectivity index (χ0v) is 26.3. The van der Waals surface area contributed by atoms with Crippen LogP contribution in [0.25, 0.3) is 0 Å². The van der Waals surface area contributed by atoms with Gasteiger partial charge >= 0.3 is 10.2 Å². The van der Waals surface area contributed by atoms with Gasteiger partial charge in [-0.15, -0.1) is 0 Å². The summed E-state index contributed by atoms with van der Waals surface area (Å²) < 4.78 is 93.4. The molecule has 2 saturated heterocycles. The molecule has 1 spiro atoms. The van der Waals surface area contributed by atoms with Gasteiger partial charge in [-0.3, -0.25) is 4.98 Å². The van der Waals surface area contributed by atoms with Gasteiger partial charge in [0.2, 0.25) is 0 Å². The molecule has 1 aromatic heterocycles. The number of pyridine rings is 1. The molecule has 1 aromatic carbocycles. The third kappa shape index (κ3) is 6.09. The Kier molecular flexibility index (Phi) is 6.97. The highest BCUT2D eigenvalue weighted by Gasteiger charge is 2.65. The lowest BCUT2D eigenvalue weighted by atomic mass is 9.69. The smallest absolute Gasteiger partial charge is 0.310 e. The largest absolute Gasteiger partial charge is 0.381 e. The highest BCUT2D eigenvalue weighted by Crippen LogP contribution is 3.02. The predicted octanol–water partition coefficient (Wildman–Crippen LogP) is 9.59. The fourth-order valence-electron chi connectivity index (χ4n) is 7.41. The van der Waals surface area contributed by atoms with E-state index in [0.717, 1.165) is 65.9 Å². The van der Waals surface area contributed by atoms with Crippen LogP contribution in [0.2, 0.25) is 0 Å². The van der Waals surface area contributed by atoms with Crippen LogP contribution >= 0.6 is 10.2 Å². The highest BCUT2D eigenvalue weighted by molar-refractivity contribution is 8.45. The molecule has 0 saturated carbocycles. The number of hydrogen-bond acceptors (Lipinski definition) is 5. The van der Waals surface area contributed by atoms with Crippen LogP contribution in [0.15, 0.2) is 29.2 Å². The first kappa shape index (κ1) is 31.2. The number of ether oxygens (including phenoxy) is 4. The van der Waals surface area contributed by atoms with E-state index in [-0.39, 0.29) is 17.4 Å². The molecule has 6 rings (SSSR count). The first-order chi connectivity index (χ1) is 19.8. The number of aromatic nitrogens is 1. The third-order valence-electron chi connectivity index (χ3n) is 9.18. The second kappa shape index (κ2) is 9.61. The fraction of sp³-hybridized carbons (Fsp3) is 0.656. The van der Waals surface area contributed by atoms with Crippen LogP contribution in [0.4, 0.5) is 19.4 Å². The molecule has 2 atom stereocenters. The maximum atomic E-state index is 13.6. The molecular formula is C32H42F5NO4S. The SMILES string of the molecule is CC1(C)Cc2nc(C3CCOCC3)c3c(c2C(OC(C)(C)C)C1)C1(CCOCC1)OC3c1ccc(S(F)(F)(F)(F)F)cc1. The van der Waals surface area contributed by atoms with Crippen molar-refractivity contribution in [2.24, 2.45) is 5.41 Å². The monoisotopic (exact) mass is 631 g/mol. The normalized spacial score (nSPS) is 27.3. The molecule has 0 N–H and O–H groups in total. The van der Waals surface area contributed by atoms with Gasteiger partial charge in [0.1, 0.15) is 11.0 Å². The summed E-state index contributed by atoms with van der Waals surface area (Å²) in [5, 5.41) is 0. The van der Waals surface area contributed by atoms with Gasteiger partial charge < -0.3 is 18.9 Å². The Morgan fingerprint density at radius 3 is 2.07 bits per heavy atom. The molecule has 2 aromatic rings. The maximum Gasteiger partial charge on any atom is 0.310 e. The summed E-state index contributed by atoms with van der Waals surface area (Å²) in [7, 11) is -9.83. The minimum atomic E-state index is -9.83. The lowest BCUT2D eigenvalue weighted by molar-refractivity contribution is -0.125. The van der Waals surface area contributed by atoms with Crippen molar-refractivity contribution < 1.29 is 38.4 Å². The number of rotatable bonds is 4. The molecule has 43 heavy (non-hydrogen) atoms. The summed E-state index contributed by atoms with van der Waals surface area (Å²) in [5.74, 6) is 0.0740. The molecule has 4 aliphatic rings. The molecular weight excluding hydrogens is 589 g/mol. The van der Waals surface area contributed by atoms with Crippen LogP contribution in [-0.2, 0) is 31.0 Å². The molecule has 2 fully saturated rings. The molecule has 2 unspecified atom stereocenters. The number of benzene rings is 1. The first-order valence-corrected chi connectivity index (χ1v) is 17.1. The van der Waals surface area contributed by atoms with E-state index in [1.165, 1.54) is 0 Å². The Balaban J connectivity index is 1.60. The van der Waals surface area contributed by atoms with E-state index in [1.807, 2.05) is 20.8 Å². The van der Waals surface area contributed by atoms with Crippen LogP contribution in [-0.4, -0.2) is 37.0 Å². The summed E-state index contributed by atoms with van der Waals surface area (Å²) in [5.41, 5.74) is 3.90. The summed E-state index contributed by atoms with van der Waals surface area (Å²) in [4.78, 5) is 3.47. The van der Waals surface area contributed by atoms with Gasteiger partial charge in [0.15, 0.2) is 0 Å². The molecule has 0 amide bonds. The molecule has 0 bridgehead atoms. The van der Waals surface area contributed by atoms with Crippen LogP contribution in [0, 0.1) is 5.41 Å². The summed E-state index contributed by atoms with van der Waals surface area (Å²) in [6.07, 6.45) is 3.15. The van der Waals surface area contributed by atoms with E-state index >= 15 is 0 Å². The van der Waals surface area contributed by atoms with Crippen molar-refractivity contribution in [2.45, 2.75) is 107 Å². The van der Waals surface area contributed by atoms with Gasteiger partial charge in [-0.25, -0.2) is 0 Å². The van der Waals surface area contributed by atoms with Crippen molar-refractivity contribution in [3.63, 3.8) is 0 Å². The van der Waals surface area contributed by atoms with Crippen molar-refractivity contribution in [1.29, 1.82) is 0 Å². The van der Waals surface area contributed by atoms with Gasteiger partial charge in [-0.1, -0.05) is 45.4 Å². The Hall–Kier alpha value is -1.79. The lowest BCUT2D eigenvalue weighted by Gasteiger charge is -2.43. The molecule has 1 aliphatic carbocycles. The van der Waals surface area contributed by atoms with E-state index in [0.29, 0.717) is 57.0 Å². The number of hydrogen-bond donors (Lipinski definition) is 0. The van der Waals surface area contributed by atoms with Gasteiger partial charge in [0, 0.05) is 62.0 Å². The summed E-state index contributed by atoms with van der Waals surface area (Å²) in [6, 6.07) is 3.25. The molecule has 5 nitrogen and oxygen atoms in total. The fourth-order valence-corrected chi connectivity index (χ4v) is 8.06. The minimum Gasteiger partial charge on any atom is -0.381 e. The maximum absolute atomic E-state index is 13.6. The molecule has 4 heterocycles. The number of fused-ring (bicyclic) bond motifs is 4. The van der Waals surface area contributed by atoms with Gasteiger partial charge in [-0.05, 0) is 75.1 Å². The van der Waals surface area contributed by atoms with E-state index < -0.39 is 32.4 Å². The van der Waals surface area contributed by atoms with E-state index in [4.69, 9.17) is 23.9 Å². The second-order valence-corrected chi connectivity index (χ2v) is 16.8. The molecule has 3 aliphatic heterocycles. The van der Waals surface area contributed by atoms with Crippen molar-refractivity contribution in [1.82, 2.24) is 4.98 Å². The van der Waals surface area contributed by atoms with Crippen LogP contribution < -0.4 is 0 Å². The van der Waals surface area contributed by atoms with Crippen LogP contribution in [0.1, 0.15) is 118 Å². The van der Waals surface area contributed by atoms with Crippen LogP contribution in [0.5, 0.6) is 0 Å². The van der Waals surface area contributed by atoms with E-state index in [9.17, 15) is 19.4 Å². The average Bonchev–Trinajstić information content (AvgIpc) is 3.20. The lowest BCUT2D eigenvalue weighted by Crippen LogP contribution is -2.39. The Morgan fingerprint density at radius 1 is 0.884 bits per heavy atom. The zero-order chi connectivity index (χ0) is 31.1. The van der Waals surface area contributed by atoms with Crippen LogP contribution in [0.3, 0.4) is 0 Å². The molecule has 11 heteroatoms. The van der Waals surface area contributed by atoms with Crippen molar-refractivity contribution in [3.8, 4) is 0 Å². The summed E-state index contributed by atoms with van der Waals surface area (Å²) in [6.45, 7) is 12.6. The zero-order valence-electron chi connectivity index (χ0n) is 25.5. The Morgan fingerprint density at radius 2 is 1.49 bits per heavy atom. The quantitative estimate of drug-likeness (QED) is 0.315. The van der Waals surface area contributed by atoms with E-state index in [1.54, 1.807) is 0 Å². The summed E-state index contributed by atoms with van der Waals surface area (Å²) >= 11 is 0. The number of nitrogens with zero attached hydrogens (tertiary/aromatic N) is 1. The van der Waals surface area contributed by atoms with Crippen molar-refractivity contribution >= 4 is 10.2 Å². The Labute approximate surface area is 250 Å². The number of halogens is 5. The third-order valence-corrected chi connectivity index (χ3v) is 10.3. The van der Waals surface area contributed by atoms with Gasteiger partial charge in [0.05, 0.1) is 23.0 Å².